The summed E-state index contributed by atoms with van der Waals surface area (Å²) in [5, 5.41) is 12.9. The molecule has 0 aromatic heterocycles. The number of nitrogens with one attached hydrogen (secondary N) is 1. The molecule has 0 saturated heterocycles. The molecule has 0 spiro atoms. The van der Waals surface area contributed by atoms with Gasteiger partial charge in [-0.3, -0.25) is 4.79 Å². The first-order valence-electron chi connectivity index (χ1n) is 7.97. The van der Waals surface area contributed by atoms with Gasteiger partial charge in [-0.25, -0.2) is 0 Å². The van der Waals surface area contributed by atoms with Gasteiger partial charge in [0.15, 0.2) is 11.5 Å². The lowest BCUT2D eigenvalue weighted by atomic mass is 9.87. The van der Waals surface area contributed by atoms with Crippen LogP contribution in [0.3, 0.4) is 0 Å². The zero-order chi connectivity index (χ0) is 16.8. The lowest BCUT2D eigenvalue weighted by Crippen LogP contribution is -2.36. The monoisotopic (exact) mass is 319 g/mol. The summed E-state index contributed by atoms with van der Waals surface area (Å²) in [7, 11) is 2.94. The molecule has 0 bridgehead atoms. The Labute approximate surface area is 137 Å². The van der Waals surface area contributed by atoms with Crippen molar-refractivity contribution in [3.8, 4) is 17.2 Å². The molecule has 2 N–H and O–H groups in total. The van der Waals surface area contributed by atoms with E-state index < -0.39 is 0 Å². The van der Waals surface area contributed by atoms with Crippen LogP contribution in [0.2, 0.25) is 0 Å². The average molecular weight is 319 g/mol. The minimum atomic E-state index is -0.101. The van der Waals surface area contributed by atoms with Crippen LogP contribution < -0.4 is 14.8 Å². The second-order valence-corrected chi connectivity index (χ2v) is 6.07. The molecule has 1 aliphatic rings. The lowest BCUT2D eigenvalue weighted by Gasteiger charge is -2.26. The number of benzene rings is 1. The van der Waals surface area contributed by atoms with Gasteiger partial charge in [-0.15, -0.1) is 0 Å². The van der Waals surface area contributed by atoms with E-state index in [4.69, 9.17) is 9.47 Å². The summed E-state index contributed by atoms with van der Waals surface area (Å²) in [5.41, 5.74) is 0.726. The normalized spacial score (nSPS) is 21.2. The predicted molar refractivity (Wildman–Crippen MR) is 89.8 cm³/mol. The number of amides is 1. The van der Waals surface area contributed by atoms with Gasteiger partial charge in [0.2, 0.25) is 11.7 Å². The molecular weight excluding hydrogens is 294 g/mol. The Bertz CT molecular complexity index is 549. The smallest absolute Gasteiger partial charge is 0.244 e. The molecule has 0 aliphatic heterocycles. The summed E-state index contributed by atoms with van der Waals surface area (Å²) in [6.45, 7) is 2.25. The first kappa shape index (κ1) is 17.2. The number of rotatable bonds is 5. The van der Waals surface area contributed by atoms with Gasteiger partial charge in [-0.1, -0.05) is 6.92 Å². The average Bonchev–Trinajstić information content (AvgIpc) is 2.56. The number of phenolic OH excluding ortho intramolecular Hbond substituents is 1. The van der Waals surface area contributed by atoms with Crippen molar-refractivity contribution in [2.45, 2.75) is 38.6 Å². The predicted octanol–water partition coefficient (Wildman–Crippen LogP) is 3.12. The zero-order valence-corrected chi connectivity index (χ0v) is 14.0. The van der Waals surface area contributed by atoms with E-state index in [1.54, 1.807) is 18.2 Å². The standard InChI is InChI=1S/C18H25NO4/c1-12-4-7-14(8-5-12)19-17(20)9-6-13-10-15(22-2)18(21)16(11-13)23-3/h6,9-12,14,21H,4-5,7-8H2,1-3H3,(H,19,20)/t12-,14-. The van der Waals surface area contributed by atoms with Gasteiger partial charge in [0.05, 0.1) is 14.2 Å². The number of carbonyl (C=O) groups is 1. The van der Waals surface area contributed by atoms with Crippen molar-refractivity contribution in [2.24, 2.45) is 5.92 Å². The van der Waals surface area contributed by atoms with E-state index in [0.29, 0.717) is 11.5 Å². The second kappa shape index (κ2) is 7.90. The maximum atomic E-state index is 12.0. The minimum Gasteiger partial charge on any atom is -0.502 e. The Morgan fingerprint density at radius 2 is 1.74 bits per heavy atom. The van der Waals surface area contributed by atoms with Gasteiger partial charge in [0.25, 0.3) is 0 Å². The molecule has 1 fully saturated rings. The summed E-state index contributed by atoms with van der Waals surface area (Å²) < 4.78 is 10.2. The van der Waals surface area contributed by atoms with Crippen LogP contribution in [0.25, 0.3) is 6.08 Å². The number of carbonyl (C=O) groups excluding carboxylic acids is 1. The molecule has 2 rings (SSSR count). The Balaban J connectivity index is 2.00. The molecule has 1 aliphatic carbocycles. The Morgan fingerprint density at radius 1 is 1.17 bits per heavy atom. The highest BCUT2D eigenvalue weighted by Crippen LogP contribution is 2.37. The van der Waals surface area contributed by atoms with Crippen LogP contribution in [0.4, 0.5) is 0 Å². The fourth-order valence-electron chi connectivity index (χ4n) is 2.84. The van der Waals surface area contributed by atoms with Crippen LogP contribution in [0, 0.1) is 5.92 Å². The lowest BCUT2D eigenvalue weighted by molar-refractivity contribution is -0.117. The number of methoxy groups -OCH3 is 2. The summed E-state index contributed by atoms with van der Waals surface area (Å²) >= 11 is 0. The van der Waals surface area contributed by atoms with Gasteiger partial charge in [-0.2, -0.15) is 0 Å². The second-order valence-electron chi connectivity index (χ2n) is 6.07. The molecule has 0 heterocycles. The number of hydrogen-bond acceptors (Lipinski definition) is 4. The van der Waals surface area contributed by atoms with Gasteiger partial charge in [0, 0.05) is 12.1 Å². The zero-order valence-electron chi connectivity index (χ0n) is 14.0. The highest BCUT2D eigenvalue weighted by Gasteiger charge is 2.18. The maximum Gasteiger partial charge on any atom is 0.244 e. The van der Waals surface area contributed by atoms with E-state index in [2.05, 4.69) is 12.2 Å². The highest BCUT2D eigenvalue weighted by atomic mass is 16.5. The van der Waals surface area contributed by atoms with Crippen LogP contribution in [0.5, 0.6) is 17.2 Å². The Morgan fingerprint density at radius 3 is 2.26 bits per heavy atom. The molecule has 126 valence electrons. The van der Waals surface area contributed by atoms with Crippen molar-refractivity contribution < 1.29 is 19.4 Å². The summed E-state index contributed by atoms with van der Waals surface area (Å²) in [6.07, 6.45) is 7.61. The molecule has 1 saturated carbocycles. The van der Waals surface area contributed by atoms with E-state index in [0.717, 1.165) is 24.3 Å². The Kier molecular flexibility index (Phi) is 5.90. The van der Waals surface area contributed by atoms with Gasteiger partial charge >= 0.3 is 0 Å². The van der Waals surface area contributed by atoms with Crippen molar-refractivity contribution in [2.75, 3.05) is 14.2 Å². The van der Waals surface area contributed by atoms with E-state index in [-0.39, 0.29) is 17.7 Å². The SMILES string of the molecule is COc1cc(C=CC(=O)N[C@H]2CC[C@H](C)CC2)cc(OC)c1O. The van der Waals surface area contributed by atoms with Crippen LogP contribution in [-0.4, -0.2) is 31.3 Å². The maximum absolute atomic E-state index is 12.0. The molecule has 5 heteroatoms. The van der Waals surface area contributed by atoms with E-state index >= 15 is 0 Å². The van der Waals surface area contributed by atoms with Crippen LogP contribution >= 0.6 is 0 Å². The fourth-order valence-corrected chi connectivity index (χ4v) is 2.84. The molecule has 23 heavy (non-hydrogen) atoms. The van der Waals surface area contributed by atoms with E-state index in [9.17, 15) is 9.90 Å². The third-order valence-electron chi connectivity index (χ3n) is 4.29. The molecule has 1 aromatic rings. The Hall–Kier alpha value is -2.17. The summed E-state index contributed by atoms with van der Waals surface area (Å²) in [4.78, 5) is 12.0. The number of hydrogen-bond donors (Lipinski definition) is 2. The first-order valence-corrected chi connectivity index (χ1v) is 7.97. The van der Waals surface area contributed by atoms with Crippen molar-refractivity contribution in [1.29, 1.82) is 0 Å². The molecule has 5 nitrogen and oxygen atoms in total. The molecule has 0 radical (unpaired) electrons. The highest BCUT2D eigenvalue weighted by molar-refractivity contribution is 5.92. The van der Waals surface area contributed by atoms with Crippen molar-refractivity contribution in [3.05, 3.63) is 23.8 Å². The third-order valence-corrected chi connectivity index (χ3v) is 4.29. The largest absolute Gasteiger partial charge is 0.502 e. The van der Waals surface area contributed by atoms with Crippen molar-refractivity contribution >= 4 is 12.0 Å². The minimum absolute atomic E-state index is 0.0482. The number of phenols is 1. The van der Waals surface area contributed by atoms with Crippen LogP contribution in [0.1, 0.15) is 38.2 Å². The summed E-state index contributed by atoms with van der Waals surface area (Å²) in [5.74, 6) is 1.23. The topological polar surface area (TPSA) is 67.8 Å². The molecule has 0 unspecified atom stereocenters. The third kappa shape index (κ3) is 4.65. The van der Waals surface area contributed by atoms with Crippen molar-refractivity contribution in [3.63, 3.8) is 0 Å². The molecule has 0 atom stereocenters. The fraction of sp³-hybridized carbons (Fsp3) is 0.500. The first-order chi connectivity index (χ1) is 11.0. The van der Waals surface area contributed by atoms with Crippen LogP contribution in [-0.2, 0) is 4.79 Å². The van der Waals surface area contributed by atoms with E-state index in [1.165, 1.54) is 33.1 Å². The van der Waals surface area contributed by atoms with Gasteiger partial charge in [0.1, 0.15) is 0 Å². The van der Waals surface area contributed by atoms with Crippen molar-refractivity contribution in [1.82, 2.24) is 5.32 Å². The molecule has 1 aromatic carbocycles. The van der Waals surface area contributed by atoms with Gasteiger partial charge < -0.3 is 19.9 Å². The van der Waals surface area contributed by atoms with Crippen LogP contribution in [0.15, 0.2) is 18.2 Å². The quantitative estimate of drug-likeness (QED) is 0.818. The molecule has 1 amide bonds. The van der Waals surface area contributed by atoms with Gasteiger partial charge in [-0.05, 0) is 55.4 Å². The summed E-state index contributed by atoms with van der Waals surface area (Å²) in [6, 6.07) is 3.58. The molecular formula is C18H25NO4. The number of aromatic hydroxyl groups is 1. The van der Waals surface area contributed by atoms with E-state index in [1.807, 2.05) is 0 Å². The number of ether oxygens (including phenoxy) is 2.